The third kappa shape index (κ3) is 4.45. The number of carbonyl (C=O) groups is 2. The van der Waals surface area contributed by atoms with Crippen LogP contribution in [0.2, 0.25) is 0 Å². The number of nitrogens with zero attached hydrogens (tertiary/aromatic N) is 2. The van der Waals surface area contributed by atoms with Gasteiger partial charge in [-0.05, 0) is 37.5 Å². The van der Waals surface area contributed by atoms with Crippen LogP contribution in [0.3, 0.4) is 0 Å². The van der Waals surface area contributed by atoms with Gasteiger partial charge in [-0.1, -0.05) is 44.2 Å². The molecular formula is C23H27N3O4. The van der Waals surface area contributed by atoms with Crippen molar-refractivity contribution in [2.24, 2.45) is 5.10 Å². The van der Waals surface area contributed by atoms with Gasteiger partial charge in [0.15, 0.2) is 0 Å². The Bertz CT molecular complexity index is 929. The number of hydrogen-bond donors (Lipinski definition) is 1. The third-order valence-electron chi connectivity index (χ3n) is 4.75. The van der Waals surface area contributed by atoms with E-state index in [1.807, 2.05) is 38.1 Å². The van der Waals surface area contributed by atoms with E-state index in [1.54, 1.807) is 31.2 Å². The van der Waals surface area contributed by atoms with E-state index in [9.17, 15) is 9.59 Å². The Hall–Kier alpha value is -3.35. The Morgan fingerprint density at radius 2 is 1.73 bits per heavy atom. The first kappa shape index (κ1) is 21.4. The van der Waals surface area contributed by atoms with Gasteiger partial charge >= 0.3 is 6.03 Å². The molecule has 7 heteroatoms. The number of nitrogens with one attached hydrogen (secondary N) is 1. The summed E-state index contributed by atoms with van der Waals surface area (Å²) in [6, 6.07) is 14.0. The molecule has 3 amide bonds. The smallest absolute Gasteiger partial charge is 0.346 e. The number of imide groups is 1. The van der Waals surface area contributed by atoms with Crippen LogP contribution in [-0.2, 0) is 10.3 Å². The molecule has 7 nitrogen and oxygen atoms in total. The third-order valence-corrected chi connectivity index (χ3v) is 4.75. The van der Waals surface area contributed by atoms with Crippen LogP contribution in [0.4, 0.5) is 4.79 Å². The van der Waals surface area contributed by atoms with Crippen molar-refractivity contribution in [3.63, 3.8) is 0 Å². The number of hydrogen-bond acceptors (Lipinski definition) is 5. The van der Waals surface area contributed by atoms with E-state index < -0.39 is 17.5 Å². The van der Waals surface area contributed by atoms with E-state index >= 15 is 0 Å². The summed E-state index contributed by atoms with van der Waals surface area (Å²) >= 11 is 0. The summed E-state index contributed by atoms with van der Waals surface area (Å²) in [4.78, 5) is 25.4. The maximum Gasteiger partial charge on any atom is 0.346 e. The first-order valence-corrected chi connectivity index (χ1v) is 10.2. The Labute approximate surface area is 176 Å². The molecule has 0 unspecified atom stereocenters. The van der Waals surface area contributed by atoms with Gasteiger partial charge in [0.05, 0.1) is 19.4 Å². The van der Waals surface area contributed by atoms with Crippen molar-refractivity contribution in [1.82, 2.24) is 10.3 Å². The number of urea groups is 1. The van der Waals surface area contributed by atoms with Crippen molar-refractivity contribution >= 4 is 18.2 Å². The second-order valence-corrected chi connectivity index (χ2v) is 7.18. The van der Waals surface area contributed by atoms with Crippen molar-refractivity contribution in [2.75, 3.05) is 13.2 Å². The summed E-state index contributed by atoms with van der Waals surface area (Å²) in [6.07, 6.45) is 3.21. The highest BCUT2D eigenvalue weighted by Gasteiger charge is 2.49. The lowest BCUT2D eigenvalue weighted by Crippen LogP contribution is -2.40. The summed E-state index contributed by atoms with van der Waals surface area (Å²) in [7, 11) is 0. The minimum atomic E-state index is -1.16. The zero-order valence-corrected chi connectivity index (χ0v) is 17.6. The predicted octanol–water partition coefficient (Wildman–Crippen LogP) is 4.07. The average Bonchev–Trinajstić information content (AvgIpc) is 2.99. The van der Waals surface area contributed by atoms with Crippen LogP contribution in [0.15, 0.2) is 53.6 Å². The number of amides is 3. The normalized spacial score (nSPS) is 18.7. The van der Waals surface area contributed by atoms with Gasteiger partial charge in [0.1, 0.15) is 17.0 Å². The van der Waals surface area contributed by atoms with Gasteiger partial charge in [-0.3, -0.25) is 4.79 Å². The highest BCUT2D eigenvalue weighted by molar-refractivity contribution is 6.07. The molecule has 2 aromatic carbocycles. The first-order valence-electron chi connectivity index (χ1n) is 10.2. The van der Waals surface area contributed by atoms with Crippen LogP contribution in [-0.4, -0.2) is 36.4 Å². The van der Waals surface area contributed by atoms with Crippen LogP contribution in [0.1, 0.15) is 44.7 Å². The molecule has 1 aliphatic heterocycles. The summed E-state index contributed by atoms with van der Waals surface area (Å²) in [6.45, 7) is 6.88. The minimum absolute atomic E-state index is 0.436. The van der Waals surface area contributed by atoms with Crippen LogP contribution < -0.4 is 14.8 Å². The molecule has 0 aromatic heterocycles. The largest absolute Gasteiger partial charge is 0.493 e. The molecule has 0 saturated carbocycles. The highest BCUT2D eigenvalue weighted by atomic mass is 16.5. The van der Waals surface area contributed by atoms with Gasteiger partial charge in [-0.25, -0.2) is 4.79 Å². The van der Waals surface area contributed by atoms with Gasteiger partial charge in [0.25, 0.3) is 5.91 Å². The van der Waals surface area contributed by atoms with Gasteiger partial charge in [0.2, 0.25) is 0 Å². The predicted molar refractivity (Wildman–Crippen MR) is 115 cm³/mol. The molecule has 1 fully saturated rings. The molecule has 158 valence electrons. The SMILES string of the molecule is CCCOc1ccc(/C=N\N2C(=O)N[C@](C)(c3ccccc3)C2=O)c(OCCC)c1. The van der Waals surface area contributed by atoms with Gasteiger partial charge in [0, 0.05) is 11.6 Å². The summed E-state index contributed by atoms with van der Waals surface area (Å²) in [5, 5.41) is 7.76. The van der Waals surface area contributed by atoms with Crippen LogP contribution in [0.5, 0.6) is 11.5 Å². The van der Waals surface area contributed by atoms with Crippen LogP contribution >= 0.6 is 0 Å². The summed E-state index contributed by atoms with van der Waals surface area (Å²) < 4.78 is 11.5. The van der Waals surface area contributed by atoms with Crippen molar-refractivity contribution in [2.45, 2.75) is 39.2 Å². The fourth-order valence-corrected chi connectivity index (χ4v) is 3.08. The second kappa shape index (κ2) is 9.43. The maximum absolute atomic E-state index is 13.0. The van der Waals surface area contributed by atoms with E-state index in [4.69, 9.17) is 9.47 Å². The molecule has 0 spiro atoms. The molecule has 0 aliphatic carbocycles. The number of carbonyl (C=O) groups excluding carboxylic acids is 2. The minimum Gasteiger partial charge on any atom is -0.493 e. The fourth-order valence-electron chi connectivity index (χ4n) is 3.08. The topological polar surface area (TPSA) is 80.2 Å². The number of ether oxygens (including phenoxy) is 2. The molecule has 2 aromatic rings. The van der Waals surface area contributed by atoms with E-state index in [2.05, 4.69) is 10.4 Å². The van der Waals surface area contributed by atoms with E-state index in [1.165, 1.54) is 6.21 Å². The Kier molecular flexibility index (Phi) is 6.72. The molecule has 1 heterocycles. The first-order chi connectivity index (χ1) is 14.5. The zero-order chi connectivity index (χ0) is 21.6. The lowest BCUT2D eigenvalue weighted by molar-refractivity contribution is -0.131. The molecule has 1 N–H and O–H groups in total. The van der Waals surface area contributed by atoms with Crippen molar-refractivity contribution in [3.8, 4) is 11.5 Å². The number of benzene rings is 2. The average molecular weight is 409 g/mol. The Morgan fingerprint density at radius 1 is 1.03 bits per heavy atom. The monoisotopic (exact) mass is 409 g/mol. The lowest BCUT2D eigenvalue weighted by atomic mass is 9.92. The quantitative estimate of drug-likeness (QED) is 0.500. The fraction of sp³-hybridized carbons (Fsp3) is 0.348. The summed E-state index contributed by atoms with van der Waals surface area (Å²) in [5.41, 5.74) is 0.196. The van der Waals surface area contributed by atoms with Crippen LogP contribution in [0.25, 0.3) is 0 Å². The Morgan fingerprint density at radius 3 is 2.43 bits per heavy atom. The molecule has 1 saturated heterocycles. The number of rotatable bonds is 9. The lowest BCUT2D eigenvalue weighted by Gasteiger charge is -2.21. The summed E-state index contributed by atoms with van der Waals surface area (Å²) in [5.74, 6) is 0.854. The number of hydrazone groups is 1. The van der Waals surface area contributed by atoms with Crippen molar-refractivity contribution < 1.29 is 19.1 Å². The van der Waals surface area contributed by atoms with Crippen LogP contribution in [0, 0.1) is 0 Å². The molecule has 3 rings (SSSR count). The van der Waals surface area contributed by atoms with Crippen molar-refractivity contribution in [1.29, 1.82) is 0 Å². The highest BCUT2D eigenvalue weighted by Crippen LogP contribution is 2.29. The van der Waals surface area contributed by atoms with E-state index in [0.29, 0.717) is 35.8 Å². The maximum atomic E-state index is 13.0. The molecule has 0 radical (unpaired) electrons. The molecular weight excluding hydrogens is 382 g/mol. The van der Waals surface area contributed by atoms with Gasteiger partial charge in [-0.15, -0.1) is 5.01 Å². The standard InChI is InChI=1S/C23H27N3O4/c1-4-13-29-19-12-11-17(20(15-19)30-14-5-2)16-24-26-21(27)23(3,25-22(26)28)18-9-7-6-8-10-18/h6-12,15-16H,4-5,13-14H2,1-3H3,(H,25,28)/b24-16-/t23-/m1/s1. The zero-order valence-electron chi connectivity index (χ0n) is 17.6. The molecule has 0 bridgehead atoms. The Balaban J connectivity index is 1.84. The second-order valence-electron chi connectivity index (χ2n) is 7.18. The van der Waals surface area contributed by atoms with Crippen molar-refractivity contribution in [3.05, 3.63) is 59.7 Å². The molecule has 1 atom stereocenters. The van der Waals surface area contributed by atoms with E-state index in [-0.39, 0.29) is 0 Å². The van der Waals surface area contributed by atoms with Gasteiger partial charge < -0.3 is 14.8 Å². The molecule has 1 aliphatic rings. The van der Waals surface area contributed by atoms with Gasteiger partial charge in [-0.2, -0.15) is 5.10 Å². The molecule has 30 heavy (non-hydrogen) atoms. The van der Waals surface area contributed by atoms with E-state index in [0.717, 1.165) is 17.9 Å².